The van der Waals surface area contributed by atoms with Crippen LogP contribution < -0.4 is 20.2 Å². The molecule has 2 N–H and O–H groups in total. The van der Waals surface area contributed by atoms with Crippen LogP contribution >= 0.6 is 12.2 Å². The maximum Gasteiger partial charge on any atom is 0.185 e. The molecule has 2 rings (SSSR count). The Morgan fingerprint density at radius 3 is 2.45 bits per heavy atom. The van der Waals surface area contributed by atoms with E-state index in [4.69, 9.17) is 21.7 Å². The van der Waals surface area contributed by atoms with Gasteiger partial charge in [-0.1, -0.05) is 0 Å². The molecule has 1 atom stereocenters. The minimum Gasteiger partial charge on any atom is -0.497 e. The second kappa shape index (κ2) is 5.46. The van der Waals surface area contributed by atoms with Crippen LogP contribution in [-0.4, -0.2) is 30.4 Å². The molecule has 1 fully saturated rings. The first-order valence-corrected chi connectivity index (χ1v) is 6.94. The van der Waals surface area contributed by atoms with Gasteiger partial charge in [-0.3, -0.25) is 5.01 Å². The topological polar surface area (TPSA) is 45.8 Å². The molecule has 1 heterocycles. The number of rotatable bonds is 4. The van der Waals surface area contributed by atoms with Gasteiger partial charge in [0.25, 0.3) is 0 Å². The van der Waals surface area contributed by atoms with Gasteiger partial charge in [0.1, 0.15) is 17.2 Å². The number of benzene rings is 1. The summed E-state index contributed by atoms with van der Waals surface area (Å²) in [5.41, 5.74) is 3.88. The lowest BCUT2D eigenvalue weighted by Crippen LogP contribution is -2.47. The Hall–Kier alpha value is -1.53. The van der Waals surface area contributed by atoms with E-state index in [0.29, 0.717) is 5.11 Å². The molecule has 6 heteroatoms. The van der Waals surface area contributed by atoms with Crippen LogP contribution in [0.5, 0.6) is 11.5 Å². The van der Waals surface area contributed by atoms with E-state index < -0.39 is 5.66 Å². The van der Waals surface area contributed by atoms with E-state index in [1.54, 1.807) is 14.2 Å². The molecule has 1 saturated heterocycles. The number of hydrogen-bond donors (Lipinski definition) is 2. The summed E-state index contributed by atoms with van der Waals surface area (Å²) in [4.78, 5) is 0. The van der Waals surface area contributed by atoms with Crippen molar-refractivity contribution in [3.8, 4) is 11.5 Å². The SMILES string of the molecule is COc1ccc([C@]2(C)NC(=S)N(C(C)C)N2)c(OC)c1. The van der Waals surface area contributed by atoms with Crippen molar-refractivity contribution in [1.29, 1.82) is 0 Å². The molecule has 0 unspecified atom stereocenters. The normalized spacial score (nSPS) is 22.1. The minimum atomic E-state index is -0.501. The van der Waals surface area contributed by atoms with E-state index in [1.807, 2.05) is 30.1 Å². The summed E-state index contributed by atoms with van der Waals surface area (Å²) >= 11 is 5.38. The van der Waals surface area contributed by atoms with Crippen molar-refractivity contribution in [2.45, 2.75) is 32.5 Å². The van der Waals surface area contributed by atoms with Crippen molar-refractivity contribution in [3.05, 3.63) is 23.8 Å². The Morgan fingerprint density at radius 1 is 1.25 bits per heavy atom. The van der Waals surface area contributed by atoms with E-state index in [2.05, 4.69) is 24.6 Å². The van der Waals surface area contributed by atoms with E-state index in [0.717, 1.165) is 17.1 Å². The third-order valence-corrected chi connectivity index (χ3v) is 3.68. The van der Waals surface area contributed by atoms with Crippen molar-refractivity contribution in [1.82, 2.24) is 15.8 Å². The molecular weight excluding hydrogens is 274 g/mol. The highest BCUT2D eigenvalue weighted by molar-refractivity contribution is 7.80. The average molecular weight is 295 g/mol. The number of nitrogens with one attached hydrogen (secondary N) is 2. The smallest absolute Gasteiger partial charge is 0.185 e. The monoisotopic (exact) mass is 295 g/mol. The van der Waals surface area contributed by atoms with Gasteiger partial charge in [0.05, 0.1) is 14.2 Å². The summed E-state index contributed by atoms with van der Waals surface area (Å²) in [6.07, 6.45) is 0. The van der Waals surface area contributed by atoms with E-state index in [1.165, 1.54) is 0 Å². The highest BCUT2D eigenvalue weighted by Gasteiger charge is 2.40. The molecule has 0 spiro atoms. The van der Waals surface area contributed by atoms with Crippen molar-refractivity contribution in [2.75, 3.05) is 14.2 Å². The minimum absolute atomic E-state index is 0.265. The fraction of sp³-hybridized carbons (Fsp3) is 0.500. The fourth-order valence-corrected chi connectivity index (χ4v) is 2.76. The van der Waals surface area contributed by atoms with Crippen molar-refractivity contribution >= 4 is 17.3 Å². The van der Waals surface area contributed by atoms with Gasteiger partial charge in [-0.05, 0) is 45.1 Å². The van der Waals surface area contributed by atoms with Crippen molar-refractivity contribution < 1.29 is 9.47 Å². The summed E-state index contributed by atoms with van der Waals surface area (Å²) in [7, 11) is 3.28. The first-order valence-electron chi connectivity index (χ1n) is 6.53. The Bertz CT molecular complexity index is 521. The summed E-state index contributed by atoms with van der Waals surface area (Å²) < 4.78 is 10.7. The Morgan fingerprint density at radius 2 is 1.95 bits per heavy atom. The molecule has 0 aromatic heterocycles. The van der Waals surface area contributed by atoms with Crippen LogP contribution in [0.4, 0.5) is 0 Å². The number of thiocarbonyl (C=S) groups is 1. The average Bonchev–Trinajstić information content (AvgIpc) is 2.74. The molecule has 0 bridgehead atoms. The molecule has 0 amide bonds. The highest BCUT2D eigenvalue weighted by Crippen LogP contribution is 2.34. The van der Waals surface area contributed by atoms with Crippen molar-refractivity contribution in [2.24, 2.45) is 0 Å². The summed E-state index contributed by atoms with van der Waals surface area (Å²) in [6, 6.07) is 6.02. The Balaban J connectivity index is 2.38. The molecule has 0 aliphatic carbocycles. The van der Waals surface area contributed by atoms with Gasteiger partial charge in [0.2, 0.25) is 0 Å². The van der Waals surface area contributed by atoms with E-state index in [-0.39, 0.29) is 6.04 Å². The second-order valence-corrected chi connectivity index (χ2v) is 5.58. The molecule has 5 nitrogen and oxygen atoms in total. The first-order chi connectivity index (χ1) is 9.41. The van der Waals surface area contributed by atoms with Crippen LogP contribution in [0.25, 0.3) is 0 Å². The molecule has 110 valence electrons. The largest absolute Gasteiger partial charge is 0.497 e. The summed E-state index contributed by atoms with van der Waals surface area (Å²) in [5.74, 6) is 1.51. The predicted molar refractivity (Wildman–Crippen MR) is 82.7 cm³/mol. The van der Waals surface area contributed by atoms with E-state index in [9.17, 15) is 0 Å². The number of hydrogen-bond acceptors (Lipinski definition) is 4. The van der Waals surface area contributed by atoms with Crippen LogP contribution in [0.1, 0.15) is 26.3 Å². The maximum atomic E-state index is 5.47. The Labute approximate surface area is 125 Å². The second-order valence-electron chi connectivity index (χ2n) is 5.20. The van der Waals surface area contributed by atoms with Gasteiger partial charge < -0.3 is 14.8 Å². The highest BCUT2D eigenvalue weighted by atomic mass is 32.1. The quantitative estimate of drug-likeness (QED) is 0.828. The third-order valence-electron chi connectivity index (χ3n) is 3.38. The molecular formula is C14H21N3O2S. The summed E-state index contributed by atoms with van der Waals surface area (Å²) in [5, 5.41) is 5.94. The lowest BCUT2D eigenvalue weighted by atomic mass is 10.0. The molecule has 20 heavy (non-hydrogen) atoms. The molecule has 1 aliphatic heterocycles. The first kappa shape index (κ1) is 14.9. The fourth-order valence-electron chi connectivity index (χ4n) is 2.30. The van der Waals surface area contributed by atoms with Crippen LogP contribution in [-0.2, 0) is 5.66 Å². The number of nitrogens with zero attached hydrogens (tertiary/aromatic N) is 1. The predicted octanol–water partition coefficient (Wildman–Crippen LogP) is 1.98. The van der Waals surface area contributed by atoms with Gasteiger partial charge >= 0.3 is 0 Å². The molecule has 1 aliphatic rings. The van der Waals surface area contributed by atoms with Crippen LogP contribution in [0, 0.1) is 0 Å². The van der Waals surface area contributed by atoms with E-state index >= 15 is 0 Å². The lowest BCUT2D eigenvalue weighted by Gasteiger charge is -2.29. The maximum absolute atomic E-state index is 5.47. The lowest BCUT2D eigenvalue weighted by molar-refractivity contribution is 0.199. The molecule has 1 aromatic rings. The standard InChI is InChI=1S/C14H21N3O2S/c1-9(2)17-13(20)15-14(3,16-17)11-7-6-10(18-4)8-12(11)19-5/h6-9,16H,1-5H3,(H,15,20)/t14-/m1/s1. The van der Waals surface area contributed by atoms with Gasteiger partial charge in [0.15, 0.2) is 5.11 Å². The molecule has 1 aromatic carbocycles. The van der Waals surface area contributed by atoms with Crippen LogP contribution in [0.15, 0.2) is 18.2 Å². The zero-order chi connectivity index (χ0) is 14.9. The van der Waals surface area contributed by atoms with Gasteiger partial charge in [-0.15, -0.1) is 0 Å². The number of methoxy groups -OCH3 is 2. The third kappa shape index (κ3) is 2.53. The molecule has 0 saturated carbocycles. The number of hydrazine groups is 1. The zero-order valence-corrected chi connectivity index (χ0v) is 13.3. The number of ether oxygens (including phenoxy) is 2. The van der Waals surface area contributed by atoms with Crippen LogP contribution in [0.2, 0.25) is 0 Å². The van der Waals surface area contributed by atoms with Crippen LogP contribution in [0.3, 0.4) is 0 Å². The van der Waals surface area contributed by atoms with Gasteiger partial charge in [0, 0.05) is 17.7 Å². The summed E-state index contributed by atoms with van der Waals surface area (Å²) in [6.45, 7) is 6.20. The van der Waals surface area contributed by atoms with Gasteiger partial charge in [-0.25, -0.2) is 5.43 Å². The Kier molecular flexibility index (Phi) is 4.06. The van der Waals surface area contributed by atoms with Gasteiger partial charge in [-0.2, -0.15) is 0 Å². The molecule has 0 radical (unpaired) electrons. The van der Waals surface area contributed by atoms with Crippen molar-refractivity contribution in [3.63, 3.8) is 0 Å². The zero-order valence-electron chi connectivity index (χ0n) is 12.5.